The summed E-state index contributed by atoms with van der Waals surface area (Å²) in [7, 11) is 0. The van der Waals surface area contributed by atoms with Gasteiger partial charge in [-0.15, -0.1) is 0 Å². The lowest BCUT2D eigenvalue weighted by atomic mass is 10.3. The molecule has 0 bridgehead atoms. The van der Waals surface area contributed by atoms with Crippen molar-refractivity contribution in [1.29, 1.82) is 0 Å². The molecule has 0 radical (unpaired) electrons. The average molecular weight is 112 g/mol. The van der Waals surface area contributed by atoms with Crippen molar-refractivity contribution in [2.75, 3.05) is 6.61 Å². The predicted molar refractivity (Wildman–Crippen MR) is 33.6 cm³/mol. The van der Waals surface area contributed by atoms with E-state index in [0.717, 1.165) is 19.4 Å². The molecule has 0 aromatic heterocycles. The molecule has 8 heavy (non-hydrogen) atoms. The van der Waals surface area contributed by atoms with Gasteiger partial charge in [-0.2, -0.15) is 0 Å². The van der Waals surface area contributed by atoms with Crippen LogP contribution < -0.4 is 0 Å². The van der Waals surface area contributed by atoms with Crippen molar-refractivity contribution in [3.63, 3.8) is 0 Å². The molecule has 1 aliphatic heterocycles. The maximum absolute atomic E-state index is 5.25. The second-order valence-corrected chi connectivity index (χ2v) is 2.03. The molecule has 0 atom stereocenters. The van der Waals surface area contributed by atoms with E-state index in [1.165, 1.54) is 12.2 Å². The SMILES string of the molecule is CCC=C1CCCO1. The molecule has 0 amide bonds. The Balaban J connectivity index is 2.33. The summed E-state index contributed by atoms with van der Waals surface area (Å²) >= 11 is 0. The first-order valence-electron chi connectivity index (χ1n) is 3.25. The number of hydrogen-bond acceptors (Lipinski definition) is 1. The van der Waals surface area contributed by atoms with Gasteiger partial charge < -0.3 is 4.74 Å². The van der Waals surface area contributed by atoms with Crippen molar-refractivity contribution < 1.29 is 4.74 Å². The first-order valence-corrected chi connectivity index (χ1v) is 3.25. The first-order chi connectivity index (χ1) is 3.93. The fourth-order valence-corrected chi connectivity index (χ4v) is 0.910. The van der Waals surface area contributed by atoms with E-state index in [9.17, 15) is 0 Å². The van der Waals surface area contributed by atoms with Crippen molar-refractivity contribution in [3.8, 4) is 0 Å². The molecule has 1 fully saturated rings. The quantitative estimate of drug-likeness (QED) is 0.504. The third-order valence-corrected chi connectivity index (χ3v) is 1.29. The highest BCUT2D eigenvalue weighted by molar-refractivity contribution is 4.95. The van der Waals surface area contributed by atoms with Crippen LogP contribution in [0.5, 0.6) is 0 Å². The van der Waals surface area contributed by atoms with E-state index in [4.69, 9.17) is 4.74 Å². The number of ether oxygens (including phenoxy) is 1. The van der Waals surface area contributed by atoms with Crippen molar-refractivity contribution in [2.24, 2.45) is 0 Å². The van der Waals surface area contributed by atoms with Gasteiger partial charge in [0.1, 0.15) is 0 Å². The van der Waals surface area contributed by atoms with Crippen LogP contribution in [0.15, 0.2) is 11.8 Å². The van der Waals surface area contributed by atoms with Crippen LogP contribution >= 0.6 is 0 Å². The van der Waals surface area contributed by atoms with Gasteiger partial charge in [-0.3, -0.25) is 0 Å². The predicted octanol–water partition coefficient (Wildman–Crippen LogP) is 2.09. The molecular formula is C7H12O. The molecule has 1 rings (SSSR count). The van der Waals surface area contributed by atoms with Gasteiger partial charge in [0.25, 0.3) is 0 Å². The number of rotatable bonds is 1. The Morgan fingerprint density at radius 3 is 3.12 bits per heavy atom. The van der Waals surface area contributed by atoms with Crippen LogP contribution in [0, 0.1) is 0 Å². The maximum atomic E-state index is 5.25. The van der Waals surface area contributed by atoms with E-state index < -0.39 is 0 Å². The molecule has 1 heterocycles. The third-order valence-electron chi connectivity index (χ3n) is 1.29. The third kappa shape index (κ3) is 1.25. The van der Waals surface area contributed by atoms with Crippen LogP contribution in [-0.2, 0) is 4.74 Å². The Bertz CT molecular complexity index is 86.6. The molecule has 0 aromatic carbocycles. The Morgan fingerprint density at radius 2 is 2.62 bits per heavy atom. The van der Waals surface area contributed by atoms with E-state index >= 15 is 0 Å². The summed E-state index contributed by atoms with van der Waals surface area (Å²) in [6.45, 7) is 3.07. The summed E-state index contributed by atoms with van der Waals surface area (Å²) in [6, 6.07) is 0. The Morgan fingerprint density at radius 1 is 1.75 bits per heavy atom. The molecule has 1 saturated heterocycles. The van der Waals surface area contributed by atoms with Gasteiger partial charge in [0, 0.05) is 6.42 Å². The Labute approximate surface area is 50.3 Å². The maximum Gasteiger partial charge on any atom is 0.0921 e. The zero-order chi connectivity index (χ0) is 5.82. The standard InChI is InChI=1S/C7H12O/c1-2-4-7-5-3-6-8-7/h4H,2-3,5-6H2,1H3. The second-order valence-electron chi connectivity index (χ2n) is 2.03. The van der Waals surface area contributed by atoms with Crippen LogP contribution in [-0.4, -0.2) is 6.61 Å². The molecule has 0 aromatic rings. The molecule has 0 unspecified atom stereocenters. The van der Waals surface area contributed by atoms with Crippen molar-refractivity contribution in [3.05, 3.63) is 11.8 Å². The molecule has 46 valence electrons. The lowest BCUT2D eigenvalue weighted by Crippen LogP contribution is -1.76. The van der Waals surface area contributed by atoms with Crippen LogP contribution in [0.2, 0.25) is 0 Å². The molecule has 0 spiro atoms. The Hall–Kier alpha value is -0.460. The van der Waals surface area contributed by atoms with Crippen molar-refractivity contribution in [2.45, 2.75) is 26.2 Å². The van der Waals surface area contributed by atoms with E-state index in [2.05, 4.69) is 13.0 Å². The first kappa shape index (κ1) is 5.67. The summed E-state index contributed by atoms with van der Waals surface area (Å²) < 4.78 is 5.25. The lowest BCUT2D eigenvalue weighted by Gasteiger charge is -1.93. The normalized spacial score (nSPS) is 23.9. The molecule has 0 saturated carbocycles. The van der Waals surface area contributed by atoms with Crippen molar-refractivity contribution >= 4 is 0 Å². The largest absolute Gasteiger partial charge is 0.498 e. The molecule has 1 aliphatic rings. The van der Waals surface area contributed by atoms with Gasteiger partial charge >= 0.3 is 0 Å². The van der Waals surface area contributed by atoms with E-state index in [1.807, 2.05) is 0 Å². The molecule has 0 aliphatic carbocycles. The van der Waals surface area contributed by atoms with Crippen LogP contribution in [0.4, 0.5) is 0 Å². The second kappa shape index (κ2) is 2.75. The monoisotopic (exact) mass is 112 g/mol. The topological polar surface area (TPSA) is 9.23 Å². The lowest BCUT2D eigenvalue weighted by molar-refractivity contribution is 0.262. The molecular weight excluding hydrogens is 100 g/mol. The summed E-state index contributed by atoms with van der Waals surface area (Å²) in [6.07, 6.45) is 5.64. The highest BCUT2D eigenvalue weighted by atomic mass is 16.5. The zero-order valence-corrected chi connectivity index (χ0v) is 5.31. The summed E-state index contributed by atoms with van der Waals surface area (Å²) in [4.78, 5) is 0. The van der Waals surface area contributed by atoms with Crippen molar-refractivity contribution in [1.82, 2.24) is 0 Å². The highest BCUT2D eigenvalue weighted by Crippen LogP contribution is 2.15. The van der Waals surface area contributed by atoms with Crippen LogP contribution in [0.25, 0.3) is 0 Å². The number of hydrogen-bond donors (Lipinski definition) is 0. The number of allylic oxidation sites excluding steroid dienone is 2. The van der Waals surface area contributed by atoms with Gasteiger partial charge in [0.2, 0.25) is 0 Å². The van der Waals surface area contributed by atoms with E-state index in [1.54, 1.807) is 0 Å². The zero-order valence-electron chi connectivity index (χ0n) is 5.31. The van der Waals surface area contributed by atoms with Gasteiger partial charge in [-0.1, -0.05) is 6.92 Å². The minimum absolute atomic E-state index is 0.936. The molecule has 1 heteroatoms. The summed E-state index contributed by atoms with van der Waals surface area (Å²) in [5, 5.41) is 0. The minimum Gasteiger partial charge on any atom is -0.498 e. The van der Waals surface area contributed by atoms with Gasteiger partial charge in [-0.05, 0) is 18.9 Å². The van der Waals surface area contributed by atoms with Crippen LogP contribution in [0.3, 0.4) is 0 Å². The van der Waals surface area contributed by atoms with E-state index in [-0.39, 0.29) is 0 Å². The van der Waals surface area contributed by atoms with Gasteiger partial charge in [-0.25, -0.2) is 0 Å². The smallest absolute Gasteiger partial charge is 0.0921 e. The fraction of sp³-hybridized carbons (Fsp3) is 0.714. The average Bonchev–Trinajstić information content (AvgIpc) is 2.19. The molecule has 0 N–H and O–H groups in total. The fourth-order valence-electron chi connectivity index (χ4n) is 0.910. The van der Waals surface area contributed by atoms with Gasteiger partial charge in [0.15, 0.2) is 0 Å². The van der Waals surface area contributed by atoms with E-state index in [0.29, 0.717) is 0 Å². The Kier molecular flexibility index (Phi) is 1.95. The summed E-state index contributed by atoms with van der Waals surface area (Å²) in [5.41, 5.74) is 0. The summed E-state index contributed by atoms with van der Waals surface area (Å²) in [5.74, 6) is 1.20. The minimum atomic E-state index is 0.936. The van der Waals surface area contributed by atoms with Gasteiger partial charge in [0.05, 0.1) is 12.4 Å². The van der Waals surface area contributed by atoms with Crippen LogP contribution in [0.1, 0.15) is 26.2 Å². The highest BCUT2D eigenvalue weighted by Gasteiger charge is 2.04. The molecule has 1 nitrogen and oxygen atoms in total.